The Balaban J connectivity index is 0.000000339. The third kappa shape index (κ3) is 4.61. The molecule has 1 aliphatic carbocycles. The Bertz CT molecular complexity index is 886. The number of carboxylic acids is 1. The largest absolute Gasteiger partial charge is 0.490 e. The lowest BCUT2D eigenvalue weighted by Gasteiger charge is -2.28. The van der Waals surface area contributed by atoms with Crippen molar-refractivity contribution in [3.05, 3.63) is 35.4 Å². The van der Waals surface area contributed by atoms with E-state index in [1.54, 1.807) is 0 Å². The lowest BCUT2D eigenvalue weighted by Crippen LogP contribution is -2.46. The molecule has 0 unspecified atom stereocenters. The summed E-state index contributed by atoms with van der Waals surface area (Å²) in [6, 6.07) is 8.76. The molecule has 1 aromatic carbocycles. The zero-order valence-corrected chi connectivity index (χ0v) is 17.9. The second kappa shape index (κ2) is 8.61. The van der Waals surface area contributed by atoms with Crippen LogP contribution in [-0.2, 0) is 16.1 Å². The third-order valence-corrected chi connectivity index (χ3v) is 6.44. The average molecular weight is 439 g/mol. The number of amides is 1. The molecule has 31 heavy (non-hydrogen) atoms. The van der Waals surface area contributed by atoms with Gasteiger partial charge in [-0.3, -0.25) is 19.6 Å². The molecule has 0 bridgehead atoms. The van der Waals surface area contributed by atoms with Gasteiger partial charge in [0, 0.05) is 32.1 Å². The molecule has 3 atom stereocenters. The van der Waals surface area contributed by atoms with Gasteiger partial charge < -0.3 is 5.11 Å². The van der Waals surface area contributed by atoms with Crippen LogP contribution in [0.15, 0.2) is 29.3 Å². The number of likely N-dealkylation sites (tertiary alicyclic amines) is 1. The highest BCUT2D eigenvalue weighted by Gasteiger charge is 2.60. The van der Waals surface area contributed by atoms with Crippen molar-refractivity contribution in [2.75, 3.05) is 19.6 Å². The monoisotopic (exact) mass is 439 g/mol. The molecule has 3 aliphatic rings. The minimum Gasteiger partial charge on any atom is -0.475 e. The Morgan fingerprint density at radius 1 is 1.29 bits per heavy atom. The first-order chi connectivity index (χ1) is 14.5. The molecule has 2 fully saturated rings. The summed E-state index contributed by atoms with van der Waals surface area (Å²) in [5, 5.41) is 7.12. The predicted octanol–water partition coefficient (Wildman–Crippen LogP) is 3.49. The smallest absolute Gasteiger partial charge is 0.475 e. The third-order valence-electron chi connectivity index (χ3n) is 6.44. The van der Waals surface area contributed by atoms with E-state index >= 15 is 0 Å². The molecule has 4 rings (SSSR count). The van der Waals surface area contributed by atoms with Gasteiger partial charge in [0.15, 0.2) is 0 Å². The lowest BCUT2D eigenvalue weighted by molar-refractivity contribution is -0.192. The number of hydrogen-bond donors (Lipinski definition) is 1. The number of aliphatic imine (C=N–C) groups is 1. The molecule has 1 N–H and O–H groups in total. The van der Waals surface area contributed by atoms with Gasteiger partial charge in [0.2, 0.25) is 0 Å². The molecular formula is C22H28F3N3O3. The highest BCUT2D eigenvalue weighted by atomic mass is 19.4. The number of benzene rings is 1. The molecular weight excluding hydrogens is 411 g/mol. The number of hydrogen-bond acceptors (Lipinski definition) is 4. The molecule has 2 aliphatic heterocycles. The first-order valence-corrected chi connectivity index (χ1v) is 10.4. The SMILES string of the molecule is CCN1C(=O)[C@]2(CC[C@@H]3CN(Cc4cccc(C)c4)C[C@@H]32)N=C1C.O=C(O)C(F)(F)F. The van der Waals surface area contributed by atoms with Crippen LogP contribution in [0, 0.1) is 18.8 Å². The maximum absolute atomic E-state index is 13.0. The number of rotatable bonds is 3. The van der Waals surface area contributed by atoms with Gasteiger partial charge in [-0.15, -0.1) is 0 Å². The van der Waals surface area contributed by atoms with Gasteiger partial charge in [-0.1, -0.05) is 29.8 Å². The number of carbonyl (C=O) groups is 2. The molecule has 0 radical (unpaired) electrons. The van der Waals surface area contributed by atoms with Gasteiger partial charge in [-0.2, -0.15) is 13.2 Å². The second-order valence-corrected chi connectivity index (χ2v) is 8.52. The zero-order chi connectivity index (χ0) is 23.0. The Morgan fingerprint density at radius 2 is 1.97 bits per heavy atom. The first-order valence-electron chi connectivity index (χ1n) is 10.4. The van der Waals surface area contributed by atoms with Crippen molar-refractivity contribution < 1.29 is 27.9 Å². The Hall–Kier alpha value is -2.42. The average Bonchev–Trinajstić information content (AvgIpc) is 3.29. The van der Waals surface area contributed by atoms with Crippen molar-refractivity contribution in [2.24, 2.45) is 16.8 Å². The summed E-state index contributed by atoms with van der Waals surface area (Å²) in [5.74, 6) is -0.575. The van der Waals surface area contributed by atoms with Crippen LogP contribution in [-0.4, -0.2) is 64.0 Å². The number of aryl methyl sites for hydroxylation is 1. The van der Waals surface area contributed by atoms with E-state index in [0.717, 1.165) is 44.9 Å². The standard InChI is InChI=1S/C20H27N3O.C2HF3O2/c1-4-23-15(3)21-20(19(23)24)9-8-17-12-22(13-18(17)20)11-16-7-5-6-14(2)10-16;3-2(4,5)1(6)7/h5-7,10,17-18H,4,8-9,11-13H2,1-3H3;(H,6,7)/t17-,18+,20-;/m1./s1. The summed E-state index contributed by atoms with van der Waals surface area (Å²) in [6.45, 7) is 10.0. The second-order valence-electron chi connectivity index (χ2n) is 8.52. The number of nitrogens with zero attached hydrogens (tertiary/aromatic N) is 3. The quantitative estimate of drug-likeness (QED) is 0.783. The van der Waals surface area contributed by atoms with E-state index in [2.05, 4.69) is 36.1 Å². The van der Waals surface area contributed by atoms with E-state index < -0.39 is 17.7 Å². The van der Waals surface area contributed by atoms with Gasteiger partial charge in [-0.05, 0) is 45.1 Å². The molecule has 1 spiro atoms. The number of fused-ring (bicyclic) bond motifs is 2. The summed E-state index contributed by atoms with van der Waals surface area (Å²) in [6.07, 6.45) is -3.01. The molecule has 1 saturated carbocycles. The van der Waals surface area contributed by atoms with Crippen molar-refractivity contribution in [1.29, 1.82) is 0 Å². The molecule has 2 heterocycles. The molecule has 1 aromatic rings. The van der Waals surface area contributed by atoms with Crippen LogP contribution >= 0.6 is 0 Å². The van der Waals surface area contributed by atoms with Crippen LogP contribution in [0.4, 0.5) is 13.2 Å². The fraction of sp³-hybridized carbons (Fsp3) is 0.591. The number of alkyl halides is 3. The summed E-state index contributed by atoms with van der Waals surface area (Å²) in [7, 11) is 0. The number of aliphatic carboxylic acids is 1. The van der Waals surface area contributed by atoms with Crippen molar-refractivity contribution in [1.82, 2.24) is 9.80 Å². The normalized spacial score (nSPS) is 27.9. The van der Waals surface area contributed by atoms with Crippen LogP contribution in [0.5, 0.6) is 0 Å². The maximum Gasteiger partial charge on any atom is 0.490 e. The molecule has 0 aromatic heterocycles. The van der Waals surface area contributed by atoms with Crippen molar-refractivity contribution in [3.8, 4) is 0 Å². The van der Waals surface area contributed by atoms with Crippen molar-refractivity contribution >= 4 is 17.7 Å². The zero-order valence-electron chi connectivity index (χ0n) is 17.9. The first kappa shape index (κ1) is 23.2. The Labute approximate surface area is 179 Å². The molecule has 170 valence electrons. The number of likely N-dealkylation sites (N-methyl/N-ethyl adjacent to an activating group) is 1. The van der Waals surface area contributed by atoms with Crippen LogP contribution < -0.4 is 0 Å². The minimum absolute atomic E-state index is 0.257. The van der Waals surface area contributed by atoms with Crippen molar-refractivity contribution in [3.63, 3.8) is 0 Å². The lowest BCUT2D eigenvalue weighted by atomic mass is 9.85. The highest BCUT2D eigenvalue weighted by molar-refractivity contribution is 6.07. The van der Waals surface area contributed by atoms with Gasteiger partial charge >= 0.3 is 12.1 Å². The summed E-state index contributed by atoms with van der Waals surface area (Å²) in [5.41, 5.74) is 2.23. The summed E-state index contributed by atoms with van der Waals surface area (Å²) >= 11 is 0. The number of halogens is 3. The topological polar surface area (TPSA) is 73.2 Å². The summed E-state index contributed by atoms with van der Waals surface area (Å²) < 4.78 is 31.7. The van der Waals surface area contributed by atoms with E-state index in [9.17, 15) is 18.0 Å². The van der Waals surface area contributed by atoms with Crippen molar-refractivity contribution in [2.45, 2.75) is 51.9 Å². The predicted molar refractivity (Wildman–Crippen MR) is 110 cm³/mol. The van der Waals surface area contributed by atoms with Crippen LogP contribution in [0.2, 0.25) is 0 Å². The fourth-order valence-corrected chi connectivity index (χ4v) is 5.14. The fourth-order valence-electron chi connectivity index (χ4n) is 5.14. The van der Waals surface area contributed by atoms with Crippen LogP contribution in [0.3, 0.4) is 0 Å². The molecule has 1 saturated heterocycles. The highest BCUT2D eigenvalue weighted by Crippen LogP contribution is 2.50. The molecule has 6 nitrogen and oxygen atoms in total. The van der Waals surface area contributed by atoms with Crippen LogP contribution in [0.25, 0.3) is 0 Å². The van der Waals surface area contributed by atoms with Gasteiger partial charge in [0.1, 0.15) is 11.4 Å². The van der Waals surface area contributed by atoms with E-state index in [4.69, 9.17) is 14.9 Å². The van der Waals surface area contributed by atoms with Crippen LogP contribution in [0.1, 0.15) is 37.8 Å². The van der Waals surface area contributed by atoms with E-state index in [0.29, 0.717) is 11.8 Å². The van der Waals surface area contributed by atoms with Gasteiger partial charge in [0.25, 0.3) is 5.91 Å². The van der Waals surface area contributed by atoms with Gasteiger partial charge in [-0.25, -0.2) is 4.79 Å². The maximum atomic E-state index is 13.0. The molecule has 1 amide bonds. The number of carbonyl (C=O) groups excluding carboxylic acids is 1. The minimum atomic E-state index is -5.08. The Morgan fingerprint density at radius 3 is 2.52 bits per heavy atom. The molecule has 9 heteroatoms. The Kier molecular flexibility index (Phi) is 6.45. The number of carboxylic acid groups (broad SMARTS) is 1. The number of amidine groups is 1. The van der Waals surface area contributed by atoms with E-state index in [-0.39, 0.29) is 5.91 Å². The van der Waals surface area contributed by atoms with E-state index in [1.165, 1.54) is 11.1 Å². The van der Waals surface area contributed by atoms with Gasteiger partial charge in [0.05, 0.1) is 0 Å². The van der Waals surface area contributed by atoms with E-state index in [1.807, 2.05) is 18.7 Å². The summed E-state index contributed by atoms with van der Waals surface area (Å²) in [4.78, 5) is 31.2.